The number of nitrogens with two attached hydrogens (primary N) is 1. The van der Waals surface area contributed by atoms with Gasteiger partial charge in [-0.3, -0.25) is 4.79 Å². The van der Waals surface area contributed by atoms with Crippen LogP contribution in [0.15, 0.2) is 53.4 Å². The summed E-state index contributed by atoms with van der Waals surface area (Å²) in [6.07, 6.45) is -4.93. The molecular weight excluding hydrogens is 428 g/mol. The van der Waals surface area contributed by atoms with E-state index in [-0.39, 0.29) is 21.7 Å². The van der Waals surface area contributed by atoms with E-state index in [0.29, 0.717) is 4.79 Å². The Kier molecular flexibility index (Phi) is 5.39. The third-order valence-corrected chi connectivity index (χ3v) is 4.94. The Morgan fingerprint density at radius 1 is 1.03 bits per heavy atom. The first-order chi connectivity index (χ1) is 13.9. The number of sulfonamides is 1. The van der Waals surface area contributed by atoms with Crippen LogP contribution < -0.4 is 10.6 Å². The van der Waals surface area contributed by atoms with Crippen LogP contribution >= 0.6 is 0 Å². The van der Waals surface area contributed by atoms with Crippen LogP contribution in [0.4, 0.5) is 17.6 Å². The lowest BCUT2D eigenvalue weighted by atomic mass is 9.98. The zero-order valence-electron chi connectivity index (χ0n) is 15.2. The minimum absolute atomic E-state index is 0.00847. The van der Waals surface area contributed by atoms with E-state index in [1.54, 1.807) is 0 Å². The van der Waals surface area contributed by atoms with Crippen molar-refractivity contribution in [1.29, 1.82) is 0 Å². The minimum Gasteiger partial charge on any atom is -0.274 e. The molecule has 3 N–H and O–H groups in total. The Bertz CT molecular complexity index is 1200. The van der Waals surface area contributed by atoms with Gasteiger partial charge in [-0.15, -0.1) is 0 Å². The molecule has 0 saturated carbocycles. The monoisotopic (exact) mass is 442 g/mol. The van der Waals surface area contributed by atoms with Crippen molar-refractivity contribution in [2.75, 3.05) is 5.43 Å². The molecule has 3 aromatic rings. The quantitative estimate of drug-likeness (QED) is 0.606. The molecule has 0 fully saturated rings. The van der Waals surface area contributed by atoms with Crippen LogP contribution in [-0.2, 0) is 21.0 Å². The molecule has 1 aromatic heterocycles. The second kappa shape index (κ2) is 7.54. The molecule has 0 aliphatic heterocycles. The molecule has 12 heteroatoms. The van der Waals surface area contributed by atoms with Gasteiger partial charge in [0, 0.05) is 18.1 Å². The van der Waals surface area contributed by atoms with Gasteiger partial charge in [-0.25, -0.2) is 23.4 Å². The summed E-state index contributed by atoms with van der Waals surface area (Å²) in [6, 6.07) is 8.94. The molecule has 158 valence electrons. The average molecular weight is 442 g/mol. The summed E-state index contributed by atoms with van der Waals surface area (Å²) in [5.41, 5.74) is 0.193. The van der Waals surface area contributed by atoms with Crippen LogP contribution in [-0.4, -0.2) is 24.2 Å². The second-order valence-corrected chi connectivity index (χ2v) is 7.79. The molecule has 30 heavy (non-hydrogen) atoms. The summed E-state index contributed by atoms with van der Waals surface area (Å²) in [7, 11) is -4.02. The molecule has 0 aliphatic rings. The first-order valence-electron chi connectivity index (χ1n) is 8.25. The highest BCUT2D eigenvalue weighted by Gasteiger charge is 2.41. The topological polar surface area (TPSA) is 107 Å². The summed E-state index contributed by atoms with van der Waals surface area (Å²) in [5, 5.41) is 8.91. The average Bonchev–Trinajstić information content (AvgIpc) is 3.00. The van der Waals surface area contributed by atoms with Crippen LogP contribution in [0, 0.1) is 5.82 Å². The highest BCUT2D eigenvalue weighted by atomic mass is 32.2. The number of nitrogens with one attached hydrogen (secondary N) is 1. The maximum Gasteiger partial charge on any atom is 0.435 e. The Morgan fingerprint density at radius 3 is 2.03 bits per heavy atom. The fourth-order valence-corrected chi connectivity index (χ4v) is 3.32. The number of amides is 1. The highest BCUT2D eigenvalue weighted by Crippen LogP contribution is 2.42. The number of carbonyl (C=O) groups is 1. The Balaban J connectivity index is 2.32. The van der Waals surface area contributed by atoms with E-state index in [1.165, 1.54) is 12.1 Å². The zero-order chi connectivity index (χ0) is 22.3. The van der Waals surface area contributed by atoms with Gasteiger partial charge in [0.1, 0.15) is 11.5 Å². The Hall–Kier alpha value is -3.25. The molecule has 1 amide bonds. The molecule has 0 atom stereocenters. The molecule has 7 nitrogen and oxygen atoms in total. The van der Waals surface area contributed by atoms with Crippen LogP contribution in [0.3, 0.4) is 0 Å². The normalized spacial score (nSPS) is 12.1. The molecule has 0 aliphatic carbocycles. The van der Waals surface area contributed by atoms with Gasteiger partial charge in [0.15, 0.2) is 5.69 Å². The zero-order valence-corrected chi connectivity index (χ0v) is 16.1. The van der Waals surface area contributed by atoms with Crippen LogP contribution in [0.25, 0.3) is 22.4 Å². The largest absolute Gasteiger partial charge is 0.435 e. The van der Waals surface area contributed by atoms with Gasteiger partial charge in [-0.05, 0) is 29.8 Å². The molecular formula is C18H14F4N4O3S. The molecule has 3 rings (SSSR count). The first kappa shape index (κ1) is 21.5. The fraction of sp³-hybridized carbons (Fsp3) is 0.111. The van der Waals surface area contributed by atoms with Gasteiger partial charge in [0.05, 0.1) is 4.90 Å². The van der Waals surface area contributed by atoms with Crippen molar-refractivity contribution >= 4 is 15.9 Å². The van der Waals surface area contributed by atoms with Gasteiger partial charge >= 0.3 is 6.18 Å². The number of halogens is 4. The van der Waals surface area contributed by atoms with E-state index in [9.17, 15) is 30.8 Å². The molecule has 0 bridgehead atoms. The van der Waals surface area contributed by atoms with E-state index in [0.717, 1.165) is 43.3 Å². The Morgan fingerprint density at radius 2 is 1.57 bits per heavy atom. The van der Waals surface area contributed by atoms with Crippen LogP contribution in [0.5, 0.6) is 0 Å². The summed E-state index contributed by atoms with van der Waals surface area (Å²) >= 11 is 0. The van der Waals surface area contributed by atoms with Crippen molar-refractivity contribution in [3.8, 4) is 22.4 Å². The molecule has 0 spiro atoms. The van der Waals surface area contributed by atoms with Gasteiger partial charge in [-0.2, -0.15) is 23.1 Å². The summed E-state index contributed by atoms with van der Waals surface area (Å²) in [5.74, 6) is -1.45. The third-order valence-electron chi connectivity index (χ3n) is 4.01. The lowest BCUT2D eigenvalue weighted by Crippen LogP contribution is -2.27. The lowest BCUT2D eigenvalue weighted by Gasteiger charge is -2.13. The first-order valence-corrected chi connectivity index (χ1v) is 9.79. The number of alkyl halides is 3. The van der Waals surface area contributed by atoms with Gasteiger partial charge in [-0.1, -0.05) is 24.3 Å². The summed E-state index contributed by atoms with van der Waals surface area (Å²) in [4.78, 5) is 11.5. The maximum absolute atomic E-state index is 13.9. The second-order valence-electron chi connectivity index (χ2n) is 6.23. The number of rotatable bonds is 4. The smallest absolute Gasteiger partial charge is 0.274 e. The number of carbonyl (C=O) groups excluding carboxylic acids is 1. The summed E-state index contributed by atoms with van der Waals surface area (Å²) in [6.45, 7) is 1.01. The number of nitrogens with zero attached hydrogens (tertiary/aromatic N) is 2. The van der Waals surface area contributed by atoms with Crippen molar-refractivity contribution in [2.45, 2.75) is 18.0 Å². The van der Waals surface area contributed by atoms with E-state index >= 15 is 0 Å². The lowest BCUT2D eigenvalue weighted by molar-refractivity contribution is -0.143. The SMILES string of the molecule is CC(=O)Nn1nc(-c2ccc(S(N)(=O)=O)cc2)c(-c2ccc(F)cc2)c1C(F)(F)F. The van der Waals surface area contributed by atoms with E-state index in [1.807, 2.05) is 5.43 Å². The van der Waals surface area contributed by atoms with Crippen LogP contribution in [0.1, 0.15) is 12.6 Å². The van der Waals surface area contributed by atoms with Crippen molar-refractivity contribution in [1.82, 2.24) is 9.89 Å². The number of primary sulfonamides is 1. The molecule has 0 radical (unpaired) electrons. The molecule has 0 saturated heterocycles. The van der Waals surface area contributed by atoms with Gasteiger partial charge in [0.2, 0.25) is 15.9 Å². The van der Waals surface area contributed by atoms with Gasteiger partial charge in [0.25, 0.3) is 0 Å². The Labute approximate surface area is 168 Å². The van der Waals surface area contributed by atoms with Gasteiger partial charge < -0.3 is 0 Å². The predicted molar refractivity (Wildman–Crippen MR) is 99.5 cm³/mol. The number of benzene rings is 2. The number of aromatic nitrogens is 2. The van der Waals surface area contributed by atoms with E-state index < -0.39 is 39.2 Å². The number of hydrogen-bond acceptors (Lipinski definition) is 4. The standard InChI is InChI=1S/C18H14F4N4O3S/c1-10(27)24-26-17(18(20,21)22)15(11-2-6-13(19)7-3-11)16(25-26)12-4-8-14(9-5-12)30(23,28)29/h2-9H,1H3,(H,24,27)(H2,23,28,29). The fourth-order valence-electron chi connectivity index (χ4n) is 2.80. The molecule has 0 unspecified atom stereocenters. The van der Waals surface area contributed by atoms with Crippen LogP contribution in [0.2, 0.25) is 0 Å². The highest BCUT2D eigenvalue weighted by molar-refractivity contribution is 7.89. The third kappa shape index (κ3) is 4.33. The molecule has 2 aromatic carbocycles. The predicted octanol–water partition coefficient (Wildman–Crippen LogP) is 3.11. The summed E-state index contributed by atoms with van der Waals surface area (Å²) < 4.78 is 77.9. The van der Waals surface area contributed by atoms with E-state index in [4.69, 9.17) is 5.14 Å². The van der Waals surface area contributed by atoms with E-state index in [2.05, 4.69) is 5.10 Å². The van der Waals surface area contributed by atoms with Crippen molar-refractivity contribution < 1.29 is 30.8 Å². The number of hydrogen-bond donors (Lipinski definition) is 2. The van der Waals surface area contributed by atoms with Crippen molar-refractivity contribution in [3.05, 3.63) is 60.0 Å². The minimum atomic E-state index is -4.93. The molecule has 1 heterocycles. The maximum atomic E-state index is 13.9. The van der Waals surface area contributed by atoms with Crippen molar-refractivity contribution in [2.24, 2.45) is 5.14 Å². The van der Waals surface area contributed by atoms with Crippen molar-refractivity contribution in [3.63, 3.8) is 0 Å².